The van der Waals surface area contributed by atoms with Gasteiger partial charge in [0.1, 0.15) is 42.7 Å². The van der Waals surface area contributed by atoms with E-state index >= 15 is 0 Å². The Morgan fingerprint density at radius 2 is 1.65 bits per heavy atom. The molecule has 7 atom stereocenters. The molecule has 21 nitrogen and oxygen atoms in total. The van der Waals surface area contributed by atoms with E-state index in [1.165, 1.54) is 17.8 Å². The van der Waals surface area contributed by atoms with Crippen molar-refractivity contribution in [3.8, 4) is 0 Å². The Labute approximate surface area is 359 Å². The maximum Gasteiger partial charge on any atom is 0.311 e. The number of carbonyl (C=O) groups is 6. The van der Waals surface area contributed by atoms with Crippen LogP contribution < -0.4 is 16.0 Å². The summed E-state index contributed by atoms with van der Waals surface area (Å²) in [5.74, 6) is -4.87. The largest absolute Gasteiger partial charge is 0.460 e. The van der Waals surface area contributed by atoms with E-state index in [2.05, 4.69) is 26.3 Å². The van der Waals surface area contributed by atoms with E-state index in [1.807, 2.05) is 0 Å². The second kappa shape index (κ2) is 20.0. The molecule has 2 aliphatic heterocycles. The Kier molecular flexibility index (Phi) is 16.1. The van der Waals surface area contributed by atoms with Gasteiger partial charge in [-0.3, -0.25) is 38.3 Å². The first-order chi connectivity index (χ1) is 28.7. The molecule has 1 aromatic heterocycles. The highest BCUT2D eigenvalue weighted by molar-refractivity contribution is 8.09. The van der Waals surface area contributed by atoms with Crippen molar-refractivity contribution in [2.45, 2.75) is 123 Å². The van der Waals surface area contributed by atoms with Crippen LogP contribution in [0.4, 0.5) is 5.69 Å². The van der Waals surface area contributed by atoms with Crippen LogP contribution in [0.3, 0.4) is 0 Å². The number of carbonyl (C=O) groups excluding carboxylic acids is 6. The van der Waals surface area contributed by atoms with Crippen molar-refractivity contribution in [1.29, 1.82) is 0 Å². The maximum absolute atomic E-state index is 13.6. The topological polar surface area (TPSA) is 309 Å². The summed E-state index contributed by atoms with van der Waals surface area (Å²) in [6, 6.07) is 1.34. The molecule has 1 saturated heterocycles. The van der Waals surface area contributed by atoms with Gasteiger partial charge in [0.05, 0.1) is 46.4 Å². The van der Waals surface area contributed by atoms with E-state index in [0.717, 1.165) is 23.3 Å². The summed E-state index contributed by atoms with van der Waals surface area (Å²) in [5, 5.41) is 46.4. The number of hydrogen-bond donors (Lipinski definition) is 8. The number of amides is 5. The highest BCUT2D eigenvalue weighted by Gasteiger charge is 2.38. The summed E-state index contributed by atoms with van der Waals surface area (Å²) in [7, 11) is -4.76. The molecular formula is C40H59N7O14S. The number of nitrogens with zero attached hydrogens (tertiary/aromatic N) is 4. The Hall–Kier alpha value is -4.97. The van der Waals surface area contributed by atoms with Crippen molar-refractivity contribution in [2.24, 2.45) is 11.3 Å². The highest BCUT2D eigenvalue weighted by atomic mass is 32.3. The van der Waals surface area contributed by atoms with E-state index in [1.54, 1.807) is 52.8 Å². The minimum atomic E-state index is -4.76. The number of nitrogens with one attached hydrogen (secondary N) is 3. The van der Waals surface area contributed by atoms with Gasteiger partial charge in [0.2, 0.25) is 17.7 Å². The van der Waals surface area contributed by atoms with Crippen LogP contribution in [0, 0.1) is 11.3 Å². The number of aryl methyl sites for hydroxylation is 2. The standard InChI is InChI=1S/C40H59N7O14S/c1-22(2)34(43-31(49)18-28(47-32(50)13-14-33(47)51)27-19-46(45-44-27)15-8-16-62(7,57,58)59)38(55)41-23(3)37(54)42-26-11-9-25(20-61-39(56)40(4,5)6)24(17-26)10-12-30-36(53)35(52)29(48)21-60-30/h9,11,13-14,17,19,22-23,28-30,34-36,48,52-53H,8,10,12,15-16,18,20-21H2,1-7H3,(H,41,55)(H,42,54)(H,43,49)(H2,57,58,59)/t23-,28-,29+,30-,34-,35-,36-/m0/s1. The molecule has 0 aliphatic carbocycles. The van der Waals surface area contributed by atoms with E-state index in [0.29, 0.717) is 16.8 Å². The number of esters is 1. The van der Waals surface area contributed by atoms with Gasteiger partial charge in [-0.25, -0.2) is 4.21 Å². The fourth-order valence-corrected chi connectivity index (χ4v) is 7.39. The molecule has 22 heteroatoms. The minimum Gasteiger partial charge on any atom is -0.460 e. The quantitative estimate of drug-likeness (QED) is 0.0690. The fourth-order valence-electron chi connectivity index (χ4n) is 6.60. The summed E-state index contributed by atoms with van der Waals surface area (Å²) in [6.07, 6.45) is -0.583. The third-order valence-electron chi connectivity index (χ3n) is 10.2. The third kappa shape index (κ3) is 14.0. The lowest BCUT2D eigenvalue weighted by molar-refractivity contribution is -0.188. The normalized spacial score (nSPS) is 21.5. The second-order valence-corrected chi connectivity index (χ2v) is 20.5. The first-order valence-corrected chi connectivity index (χ1v) is 22.6. The van der Waals surface area contributed by atoms with Crippen molar-refractivity contribution in [3.63, 3.8) is 0 Å². The van der Waals surface area contributed by atoms with Gasteiger partial charge in [0.25, 0.3) is 11.8 Å². The second-order valence-electron chi connectivity index (χ2n) is 17.3. The number of rotatable bonds is 19. The van der Waals surface area contributed by atoms with Gasteiger partial charge in [0, 0.05) is 36.4 Å². The Bertz CT molecular complexity index is 2060. The minimum absolute atomic E-state index is 0.0266. The Morgan fingerprint density at radius 3 is 2.26 bits per heavy atom. The SMILES string of the molecule is CC(C)[C@H](NC(=O)C[C@@H](c1cn(CCCS(C)(=O)(O)O)nn1)N1C(=O)C=CC1=O)C(=O)N[C@@H](C)C(=O)Nc1ccc(COC(=O)C(C)(C)C)c(CC[C@@H]2OC[C@@H](O)[C@H](O)[C@H]2O)c1. The lowest BCUT2D eigenvalue weighted by Crippen LogP contribution is -2.54. The van der Waals surface area contributed by atoms with Gasteiger partial charge in [-0.15, -0.1) is 5.10 Å². The zero-order valence-corrected chi connectivity index (χ0v) is 36.7. The molecule has 2 aliphatic rings. The molecule has 0 saturated carbocycles. The van der Waals surface area contributed by atoms with Crippen LogP contribution in [0.1, 0.15) is 83.7 Å². The summed E-state index contributed by atoms with van der Waals surface area (Å²) >= 11 is 0. The van der Waals surface area contributed by atoms with Gasteiger partial charge in [0.15, 0.2) is 0 Å². The number of imide groups is 1. The van der Waals surface area contributed by atoms with Crippen molar-refractivity contribution in [1.82, 2.24) is 30.5 Å². The van der Waals surface area contributed by atoms with Crippen LogP contribution in [-0.4, -0.2) is 139 Å². The molecule has 344 valence electrons. The molecule has 8 N–H and O–H groups in total. The average molecular weight is 894 g/mol. The molecule has 0 unspecified atom stereocenters. The van der Waals surface area contributed by atoms with Gasteiger partial charge in [-0.05, 0) is 76.1 Å². The Balaban J connectivity index is 1.43. The molecule has 1 aromatic carbocycles. The first-order valence-electron chi connectivity index (χ1n) is 20.1. The smallest absolute Gasteiger partial charge is 0.311 e. The monoisotopic (exact) mass is 893 g/mol. The molecule has 1 fully saturated rings. The maximum atomic E-state index is 13.6. The van der Waals surface area contributed by atoms with Crippen molar-refractivity contribution in [2.75, 3.05) is 23.9 Å². The van der Waals surface area contributed by atoms with Gasteiger partial charge >= 0.3 is 5.97 Å². The highest BCUT2D eigenvalue weighted by Crippen LogP contribution is 2.28. The zero-order valence-electron chi connectivity index (χ0n) is 35.8. The fraction of sp³-hybridized carbons (Fsp3) is 0.600. The number of benzene rings is 1. The van der Waals surface area contributed by atoms with Crippen molar-refractivity contribution in [3.05, 3.63) is 53.4 Å². The number of aliphatic hydroxyl groups is 3. The Morgan fingerprint density at radius 1 is 0.984 bits per heavy atom. The predicted molar refractivity (Wildman–Crippen MR) is 222 cm³/mol. The van der Waals surface area contributed by atoms with E-state index < -0.39 is 111 Å². The number of aromatic nitrogens is 3. The molecule has 4 rings (SSSR count). The van der Waals surface area contributed by atoms with E-state index in [9.17, 15) is 57.4 Å². The van der Waals surface area contributed by atoms with Crippen LogP contribution in [0.2, 0.25) is 0 Å². The lowest BCUT2D eigenvalue weighted by atomic mass is 9.93. The molecule has 0 bridgehead atoms. The zero-order chi connectivity index (χ0) is 46.3. The van der Waals surface area contributed by atoms with E-state index in [4.69, 9.17) is 9.47 Å². The molecule has 5 amide bonds. The summed E-state index contributed by atoms with van der Waals surface area (Å²) < 4.78 is 43.4. The number of anilines is 1. The van der Waals surface area contributed by atoms with Gasteiger partial charge < -0.3 is 49.8 Å². The molecular weight excluding hydrogens is 835 g/mol. The van der Waals surface area contributed by atoms with E-state index in [-0.39, 0.29) is 44.7 Å². The molecule has 3 heterocycles. The van der Waals surface area contributed by atoms with Crippen LogP contribution in [0.5, 0.6) is 0 Å². The first kappa shape index (κ1) is 49.7. The lowest BCUT2D eigenvalue weighted by Gasteiger charge is -2.35. The predicted octanol–water partition coefficient (Wildman–Crippen LogP) is 0.208. The average Bonchev–Trinajstić information content (AvgIpc) is 3.77. The van der Waals surface area contributed by atoms with Crippen LogP contribution >= 0.6 is 0 Å². The van der Waals surface area contributed by atoms with Crippen LogP contribution in [0.25, 0.3) is 0 Å². The van der Waals surface area contributed by atoms with Crippen LogP contribution in [-0.2, 0) is 67.4 Å². The molecule has 0 radical (unpaired) electrons. The van der Waals surface area contributed by atoms with Crippen molar-refractivity contribution < 1.29 is 66.9 Å². The summed E-state index contributed by atoms with van der Waals surface area (Å²) in [4.78, 5) is 79.3. The third-order valence-corrected chi connectivity index (χ3v) is 11.4. The molecule has 62 heavy (non-hydrogen) atoms. The van der Waals surface area contributed by atoms with Crippen LogP contribution in [0.15, 0.2) is 36.5 Å². The molecule has 0 spiro atoms. The van der Waals surface area contributed by atoms with Gasteiger partial charge in [-0.2, -0.15) is 0 Å². The summed E-state index contributed by atoms with van der Waals surface area (Å²) in [5.41, 5.74) is 0.844. The number of ether oxygens (including phenoxy) is 2. The molecule has 2 aromatic rings. The van der Waals surface area contributed by atoms with Crippen molar-refractivity contribution >= 4 is 50.8 Å². The van der Waals surface area contributed by atoms with Gasteiger partial charge in [-0.1, -0.05) is 25.1 Å². The summed E-state index contributed by atoms with van der Waals surface area (Å²) in [6.45, 7) is 9.68. The number of aliphatic hydroxyl groups excluding tert-OH is 3. The number of hydrogen-bond acceptors (Lipinski definition) is 14.